The maximum Gasteiger partial charge on any atom is 0.256 e. The third-order valence-electron chi connectivity index (χ3n) is 5.76. The summed E-state index contributed by atoms with van der Waals surface area (Å²) in [6, 6.07) is 6.62. The molecule has 0 bridgehead atoms. The second-order valence-corrected chi connectivity index (χ2v) is 8.22. The molecule has 180 valence electrons. The Labute approximate surface area is 206 Å². The van der Waals surface area contributed by atoms with Gasteiger partial charge in [-0.15, -0.1) is 0 Å². The van der Waals surface area contributed by atoms with E-state index in [0.717, 1.165) is 12.8 Å². The van der Waals surface area contributed by atoms with Crippen molar-refractivity contribution in [3.05, 3.63) is 59.3 Å². The number of carbonyl (C=O) groups is 1. The maximum atomic E-state index is 13.8. The van der Waals surface area contributed by atoms with E-state index in [1.807, 2.05) is 13.0 Å². The predicted molar refractivity (Wildman–Crippen MR) is 127 cm³/mol. The molecular weight excluding hydrogens is 472 g/mol. The van der Waals surface area contributed by atoms with Crippen molar-refractivity contribution in [3.63, 3.8) is 0 Å². The summed E-state index contributed by atoms with van der Waals surface area (Å²) < 4.78 is 11.0. The first-order valence-corrected chi connectivity index (χ1v) is 11.5. The lowest BCUT2D eigenvalue weighted by molar-refractivity contribution is 0.0729. The van der Waals surface area contributed by atoms with Crippen molar-refractivity contribution in [3.8, 4) is 28.7 Å². The Balaban J connectivity index is 1.49. The van der Waals surface area contributed by atoms with E-state index in [1.165, 1.54) is 24.3 Å². The van der Waals surface area contributed by atoms with Gasteiger partial charge < -0.3 is 14.4 Å². The molecule has 1 aromatic carbocycles. The molecule has 1 N–H and O–H groups in total. The SMILES string of the molecule is CCOc1ncccc1-c1n[nH]c(C2CCCN2C(=O)c2cc(OC)c(Cl)cc2-n2nccn2)n1. The maximum absolute atomic E-state index is 13.8. The molecule has 0 aliphatic carbocycles. The number of carbonyl (C=O) groups excluding carboxylic acids is 1. The van der Waals surface area contributed by atoms with Crippen molar-refractivity contribution >= 4 is 17.5 Å². The average molecular weight is 495 g/mol. The Hall–Kier alpha value is -3.99. The third kappa shape index (κ3) is 4.30. The molecule has 0 radical (unpaired) electrons. The van der Waals surface area contributed by atoms with E-state index < -0.39 is 0 Å². The number of ether oxygens (including phenoxy) is 2. The van der Waals surface area contributed by atoms with Crippen LogP contribution >= 0.6 is 11.6 Å². The quantitative estimate of drug-likeness (QED) is 0.414. The summed E-state index contributed by atoms with van der Waals surface area (Å²) in [5.74, 6) is 1.71. The number of hydrogen-bond donors (Lipinski definition) is 1. The zero-order valence-corrected chi connectivity index (χ0v) is 19.9. The molecule has 1 saturated heterocycles. The zero-order valence-electron chi connectivity index (χ0n) is 19.2. The molecule has 1 aliphatic rings. The van der Waals surface area contributed by atoms with Crippen LogP contribution in [-0.4, -0.2) is 66.2 Å². The summed E-state index contributed by atoms with van der Waals surface area (Å²) in [7, 11) is 1.50. The van der Waals surface area contributed by atoms with Crippen molar-refractivity contribution < 1.29 is 14.3 Å². The van der Waals surface area contributed by atoms with Crippen LogP contribution in [0.5, 0.6) is 11.6 Å². The number of halogens is 1. The summed E-state index contributed by atoms with van der Waals surface area (Å²) in [6.07, 6.45) is 6.30. The number of methoxy groups -OCH3 is 1. The summed E-state index contributed by atoms with van der Waals surface area (Å²) >= 11 is 6.35. The number of benzene rings is 1. The molecule has 0 spiro atoms. The van der Waals surface area contributed by atoms with Crippen molar-refractivity contribution in [1.82, 2.24) is 40.1 Å². The fourth-order valence-electron chi connectivity index (χ4n) is 4.18. The number of hydrogen-bond acceptors (Lipinski definition) is 8. The van der Waals surface area contributed by atoms with Gasteiger partial charge in [0.25, 0.3) is 5.91 Å². The van der Waals surface area contributed by atoms with Gasteiger partial charge in [0.2, 0.25) is 5.88 Å². The molecule has 1 unspecified atom stereocenters. The molecule has 1 fully saturated rings. The molecule has 1 atom stereocenters. The molecule has 4 heterocycles. The number of likely N-dealkylation sites (tertiary alicyclic amines) is 1. The number of nitrogens with zero attached hydrogens (tertiary/aromatic N) is 7. The Morgan fingerprint density at radius 3 is 2.86 bits per heavy atom. The van der Waals surface area contributed by atoms with Gasteiger partial charge in [-0.1, -0.05) is 11.6 Å². The first-order chi connectivity index (χ1) is 17.1. The van der Waals surface area contributed by atoms with Gasteiger partial charge in [0.1, 0.15) is 17.3 Å². The van der Waals surface area contributed by atoms with Crippen LogP contribution in [0.25, 0.3) is 17.1 Å². The van der Waals surface area contributed by atoms with Gasteiger partial charge in [0, 0.05) is 12.7 Å². The summed E-state index contributed by atoms with van der Waals surface area (Å²) in [6.45, 7) is 2.93. The van der Waals surface area contributed by atoms with E-state index in [0.29, 0.717) is 58.3 Å². The van der Waals surface area contributed by atoms with Gasteiger partial charge in [-0.25, -0.2) is 9.97 Å². The van der Waals surface area contributed by atoms with Gasteiger partial charge in [-0.05, 0) is 44.0 Å². The fraction of sp³-hybridized carbons (Fsp3) is 0.304. The highest BCUT2D eigenvalue weighted by atomic mass is 35.5. The minimum absolute atomic E-state index is 0.205. The van der Waals surface area contributed by atoms with E-state index in [1.54, 1.807) is 29.3 Å². The van der Waals surface area contributed by atoms with Crippen LogP contribution in [0.15, 0.2) is 42.9 Å². The van der Waals surface area contributed by atoms with Crippen LogP contribution in [0.4, 0.5) is 0 Å². The number of aromatic amines is 1. The van der Waals surface area contributed by atoms with E-state index in [-0.39, 0.29) is 11.9 Å². The van der Waals surface area contributed by atoms with Gasteiger partial charge in [0.15, 0.2) is 5.82 Å². The van der Waals surface area contributed by atoms with Gasteiger partial charge in [-0.2, -0.15) is 20.1 Å². The van der Waals surface area contributed by atoms with Crippen LogP contribution in [0.2, 0.25) is 5.02 Å². The van der Waals surface area contributed by atoms with Crippen LogP contribution < -0.4 is 9.47 Å². The summed E-state index contributed by atoms with van der Waals surface area (Å²) in [4.78, 5) is 25.9. The topological polar surface area (TPSA) is 124 Å². The van der Waals surface area contributed by atoms with Gasteiger partial charge in [-0.3, -0.25) is 9.89 Å². The molecule has 4 aromatic rings. The Morgan fingerprint density at radius 1 is 1.26 bits per heavy atom. The van der Waals surface area contributed by atoms with E-state index in [2.05, 4.69) is 25.4 Å². The fourth-order valence-corrected chi connectivity index (χ4v) is 4.42. The first kappa shape index (κ1) is 22.8. The number of rotatable bonds is 7. The standard InChI is InChI=1S/C23H23ClN8O3/c1-3-35-22-14(6-4-8-25-22)20-28-21(30-29-20)17-7-5-11-31(17)23(33)15-12-19(34-2)16(24)13-18(15)32-26-9-10-27-32/h4,6,8-10,12-13,17H,3,5,7,11H2,1-2H3,(H,28,29,30). The van der Waals surface area contributed by atoms with Crippen LogP contribution in [-0.2, 0) is 0 Å². The lowest BCUT2D eigenvalue weighted by atomic mass is 10.1. The minimum atomic E-state index is -0.281. The van der Waals surface area contributed by atoms with Crippen LogP contribution in [0.1, 0.15) is 42.0 Å². The molecule has 12 heteroatoms. The second-order valence-electron chi connectivity index (χ2n) is 7.81. The van der Waals surface area contributed by atoms with Crippen molar-refractivity contribution in [2.24, 2.45) is 0 Å². The number of amides is 1. The summed E-state index contributed by atoms with van der Waals surface area (Å²) in [5, 5.41) is 16.1. The lowest BCUT2D eigenvalue weighted by Crippen LogP contribution is -2.32. The highest BCUT2D eigenvalue weighted by molar-refractivity contribution is 6.32. The van der Waals surface area contributed by atoms with Crippen molar-refractivity contribution in [2.45, 2.75) is 25.8 Å². The number of aromatic nitrogens is 7. The Kier molecular flexibility index (Phi) is 6.32. The first-order valence-electron chi connectivity index (χ1n) is 11.2. The number of nitrogens with one attached hydrogen (secondary N) is 1. The van der Waals surface area contributed by atoms with E-state index in [9.17, 15) is 4.79 Å². The molecule has 0 saturated carbocycles. The van der Waals surface area contributed by atoms with Crippen molar-refractivity contribution in [2.75, 3.05) is 20.3 Å². The van der Waals surface area contributed by atoms with E-state index in [4.69, 9.17) is 26.1 Å². The molecule has 1 amide bonds. The zero-order chi connectivity index (χ0) is 24.4. The Morgan fingerprint density at radius 2 is 2.09 bits per heavy atom. The molecule has 1 aliphatic heterocycles. The number of pyridine rings is 1. The van der Waals surface area contributed by atoms with E-state index >= 15 is 0 Å². The molecular formula is C23H23ClN8O3. The monoisotopic (exact) mass is 494 g/mol. The van der Waals surface area contributed by atoms with Crippen LogP contribution in [0, 0.1) is 0 Å². The Bertz CT molecular complexity index is 1340. The predicted octanol–water partition coefficient (Wildman–Crippen LogP) is 3.49. The third-order valence-corrected chi connectivity index (χ3v) is 6.06. The highest BCUT2D eigenvalue weighted by Gasteiger charge is 2.35. The largest absolute Gasteiger partial charge is 0.495 e. The molecule has 35 heavy (non-hydrogen) atoms. The average Bonchev–Trinajstić information content (AvgIpc) is 3.65. The number of H-pyrrole nitrogens is 1. The molecule has 5 rings (SSSR count). The summed E-state index contributed by atoms with van der Waals surface area (Å²) in [5.41, 5.74) is 1.52. The lowest BCUT2D eigenvalue weighted by Gasteiger charge is -2.24. The molecule has 3 aromatic heterocycles. The smallest absolute Gasteiger partial charge is 0.256 e. The van der Waals surface area contributed by atoms with Crippen LogP contribution in [0.3, 0.4) is 0 Å². The normalized spacial score (nSPS) is 15.4. The van der Waals surface area contributed by atoms with Gasteiger partial charge in [0.05, 0.1) is 48.3 Å². The minimum Gasteiger partial charge on any atom is -0.495 e. The second kappa shape index (κ2) is 9.71. The molecule has 11 nitrogen and oxygen atoms in total. The van der Waals surface area contributed by atoms with Gasteiger partial charge >= 0.3 is 0 Å². The van der Waals surface area contributed by atoms with Crippen molar-refractivity contribution in [1.29, 1.82) is 0 Å². The highest BCUT2D eigenvalue weighted by Crippen LogP contribution is 2.36.